The molecule has 0 spiro atoms. The van der Waals surface area contributed by atoms with E-state index in [9.17, 15) is 15.0 Å². The third-order valence-electron chi connectivity index (χ3n) is 8.17. The third-order valence-corrected chi connectivity index (χ3v) is 8.17. The van der Waals surface area contributed by atoms with E-state index in [-0.39, 0.29) is 17.4 Å². The maximum atomic E-state index is 12.1. The van der Waals surface area contributed by atoms with Crippen molar-refractivity contribution in [2.45, 2.75) is 97.8 Å². The number of hydrogen-bond acceptors (Lipinski definition) is 8. The highest BCUT2D eigenvalue weighted by atomic mass is 16.5. The van der Waals surface area contributed by atoms with Gasteiger partial charge in [-0.3, -0.25) is 9.69 Å². The van der Waals surface area contributed by atoms with Crippen molar-refractivity contribution < 1.29 is 24.3 Å². The van der Waals surface area contributed by atoms with E-state index >= 15 is 0 Å². The molecule has 2 aliphatic rings. The summed E-state index contributed by atoms with van der Waals surface area (Å²) in [5.41, 5.74) is 8.17. The Balaban J connectivity index is 0.000000818. The number of likely N-dealkylation sites (tertiary alicyclic amines) is 1. The summed E-state index contributed by atoms with van der Waals surface area (Å²) in [5.74, 6) is 0.825. The summed E-state index contributed by atoms with van der Waals surface area (Å²) in [6, 6.07) is 13.6. The number of aromatic nitrogens is 2. The molecule has 1 saturated heterocycles. The van der Waals surface area contributed by atoms with Gasteiger partial charge in [0.1, 0.15) is 5.75 Å². The number of carboxylic acids is 1. The summed E-state index contributed by atoms with van der Waals surface area (Å²) < 4.78 is 11.5. The second kappa shape index (κ2) is 14.7. The Bertz CT molecular complexity index is 1340. The number of hydrogen-bond donors (Lipinski definition) is 3. The maximum absolute atomic E-state index is 12.1. The number of carbonyl (C=O) groups is 1. The highest BCUT2D eigenvalue weighted by Crippen LogP contribution is 2.35. The summed E-state index contributed by atoms with van der Waals surface area (Å²) in [6.07, 6.45) is 6.72. The third kappa shape index (κ3) is 9.61. The van der Waals surface area contributed by atoms with Crippen molar-refractivity contribution >= 4 is 5.97 Å². The van der Waals surface area contributed by atoms with Gasteiger partial charge >= 0.3 is 5.97 Å². The van der Waals surface area contributed by atoms with Crippen LogP contribution in [-0.4, -0.2) is 62.6 Å². The number of phenolic OH excluding ortho intramolecular Hbond substituents is 1. The van der Waals surface area contributed by atoms with E-state index in [4.69, 9.17) is 15.0 Å². The number of piperidine rings is 1. The van der Waals surface area contributed by atoms with Crippen molar-refractivity contribution in [2.75, 3.05) is 19.7 Å². The lowest BCUT2D eigenvalue weighted by Gasteiger charge is -2.39. The lowest BCUT2D eigenvalue weighted by Crippen LogP contribution is -2.47. The number of carboxylic acid groups (broad SMARTS) is 1. The van der Waals surface area contributed by atoms with Crippen molar-refractivity contribution in [3.63, 3.8) is 0 Å². The molecule has 4 N–H and O–H groups in total. The minimum atomic E-state index is -0.773. The molecule has 0 amide bonds. The molecule has 5 rings (SSSR count). The Kier molecular flexibility index (Phi) is 11.2. The normalized spacial score (nSPS) is 17.4. The number of benzene rings is 2. The molecule has 1 aliphatic heterocycles. The van der Waals surface area contributed by atoms with Crippen molar-refractivity contribution in [2.24, 2.45) is 17.1 Å². The van der Waals surface area contributed by atoms with Crippen LogP contribution >= 0.6 is 0 Å². The monoisotopic (exact) mass is 606 g/mol. The standard InChI is InChI=1S/C31H39N3O5.C4H11N/c1-21(2)17-24-11-12-25(18-27(24)35)29-32-28(33-39-29)23-9-7-22(8-10-23)19-34-15-13-31(14-16-34,30(36)37)20-38-26-5-3-4-6-26;1-4(2,3)5/h7-12,18,21,26,35H,3-6,13-17,19-20H2,1-2H3,(H,36,37);5H2,1-3H3. The first-order chi connectivity index (χ1) is 20.8. The molecule has 1 aliphatic carbocycles. The van der Waals surface area contributed by atoms with Gasteiger partial charge in [0.15, 0.2) is 0 Å². The van der Waals surface area contributed by atoms with Crippen LogP contribution in [-0.2, 0) is 22.5 Å². The van der Waals surface area contributed by atoms with Gasteiger partial charge in [-0.05, 0) is 95.1 Å². The molecule has 0 radical (unpaired) electrons. The van der Waals surface area contributed by atoms with E-state index in [0.717, 1.165) is 55.6 Å². The Labute approximate surface area is 261 Å². The van der Waals surface area contributed by atoms with Crippen LogP contribution in [0.1, 0.15) is 84.3 Å². The second-order valence-electron chi connectivity index (χ2n) is 14.0. The maximum Gasteiger partial charge on any atom is 0.312 e. The predicted molar refractivity (Wildman–Crippen MR) is 172 cm³/mol. The Morgan fingerprint density at radius 2 is 1.70 bits per heavy atom. The Hall–Kier alpha value is -3.27. The summed E-state index contributed by atoms with van der Waals surface area (Å²) in [6.45, 7) is 12.7. The molecule has 0 bridgehead atoms. The highest BCUT2D eigenvalue weighted by Gasteiger charge is 2.42. The molecule has 0 atom stereocenters. The number of rotatable bonds is 10. The molecule has 0 unspecified atom stereocenters. The van der Waals surface area contributed by atoms with Crippen LogP contribution in [0.5, 0.6) is 5.75 Å². The van der Waals surface area contributed by atoms with Gasteiger partial charge in [0.05, 0.1) is 18.1 Å². The molecule has 9 nitrogen and oxygen atoms in total. The Morgan fingerprint density at radius 1 is 1.09 bits per heavy atom. The fourth-order valence-corrected chi connectivity index (χ4v) is 5.68. The van der Waals surface area contributed by atoms with E-state index < -0.39 is 11.4 Å². The SMILES string of the molecule is CC(C)(C)N.CC(C)Cc1ccc(-c2nc(-c3ccc(CN4CCC(COC5CCCC5)(C(=O)O)CC4)cc3)no2)cc1O. The van der Waals surface area contributed by atoms with Gasteiger partial charge in [-0.25, -0.2) is 0 Å². The minimum Gasteiger partial charge on any atom is -0.508 e. The fraction of sp³-hybridized carbons (Fsp3) is 0.571. The van der Waals surface area contributed by atoms with Gasteiger partial charge in [0.25, 0.3) is 5.89 Å². The predicted octanol–water partition coefficient (Wildman–Crippen LogP) is 6.68. The molecule has 9 heteroatoms. The van der Waals surface area contributed by atoms with Crippen LogP contribution in [0.15, 0.2) is 47.0 Å². The highest BCUT2D eigenvalue weighted by molar-refractivity contribution is 5.75. The lowest BCUT2D eigenvalue weighted by molar-refractivity contribution is -0.159. The first-order valence-corrected chi connectivity index (χ1v) is 15.9. The van der Waals surface area contributed by atoms with E-state index in [1.165, 1.54) is 12.8 Å². The smallest absolute Gasteiger partial charge is 0.312 e. The first kappa shape index (κ1) is 33.6. The van der Waals surface area contributed by atoms with Crippen LogP contribution in [0, 0.1) is 11.3 Å². The molecule has 3 aromatic rings. The summed E-state index contributed by atoms with van der Waals surface area (Å²) in [4.78, 5) is 19.0. The summed E-state index contributed by atoms with van der Waals surface area (Å²) >= 11 is 0. The largest absolute Gasteiger partial charge is 0.508 e. The minimum absolute atomic E-state index is 0. The van der Waals surface area contributed by atoms with Crippen molar-refractivity contribution in [3.05, 3.63) is 53.6 Å². The zero-order valence-corrected chi connectivity index (χ0v) is 27.0. The fourth-order valence-electron chi connectivity index (χ4n) is 5.68. The van der Waals surface area contributed by atoms with E-state index in [1.807, 2.05) is 45.0 Å². The number of aliphatic carboxylic acids is 1. The molecule has 1 saturated carbocycles. The Morgan fingerprint density at radius 3 is 2.27 bits per heavy atom. The van der Waals surface area contributed by atoms with Crippen LogP contribution < -0.4 is 5.73 Å². The molecule has 2 aromatic carbocycles. The second-order valence-corrected chi connectivity index (χ2v) is 14.0. The zero-order chi connectivity index (χ0) is 31.9. The van der Waals surface area contributed by atoms with Gasteiger partial charge in [-0.1, -0.05) is 62.2 Å². The number of aromatic hydroxyl groups is 1. The average molecular weight is 607 g/mol. The van der Waals surface area contributed by atoms with Crippen LogP contribution in [0.3, 0.4) is 0 Å². The quantitative estimate of drug-likeness (QED) is 0.231. The van der Waals surface area contributed by atoms with Crippen molar-refractivity contribution in [1.29, 1.82) is 0 Å². The number of nitrogens with two attached hydrogens (primary N) is 1. The van der Waals surface area contributed by atoms with Crippen molar-refractivity contribution in [1.82, 2.24) is 15.0 Å². The van der Waals surface area contributed by atoms with Crippen LogP contribution in [0.2, 0.25) is 0 Å². The molecule has 2 fully saturated rings. The molecular formula is C35H50N4O5. The van der Waals surface area contributed by atoms with Gasteiger partial charge in [-0.15, -0.1) is 0 Å². The topological polar surface area (TPSA) is 135 Å². The van der Waals surface area contributed by atoms with Gasteiger partial charge in [0, 0.05) is 23.2 Å². The lowest BCUT2D eigenvalue weighted by atomic mass is 9.79. The van der Waals surface area contributed by atoms with Gasteiger partial charge < -0.3 is 25.2 Å². The summed E-state index contributed by atoms with van der Waals surface area (Å²) in [5, 5.41) is 24.5. The zero-order valence-electron chi connectivity index (χ0n) is 27.0. The molecule has 1 aromatic heterocycles. The average Bonchev–Trinajstić information content (AvgIpc) is 3.66. The molecule has 44 heavy (non-hydrogen) atoms. The van der Waals surface area contributed by atoms with Gasteiger partial charge in [0.2, 0.25) is 5.82 Å². The number of nitrogens with zero attached hydrogens (tertiary/aromatic N) is 3. The number of ether oxygens (including phenoxy) is 1. The van der Waals surface area contributed by atoms with E-state index in [1.54, 1.807) is 6.07 Å². The van der Waals surface area contributed by atoms with Crippen LogP contribution in [0.25, 0.3) is 22.8 Å². The molecule has 2 heterocycles. The summed E-state index contributed by atoms with van der Waals surface area (Å²) in [7, 11) is 0. The molecule has 240 valence electrons. The number of phenols is 1. The van der Waals surface area contributed by atoms with Crippen LogP contribution in [0.4, 0.5) is 0 Å². The van der Waals surface area contributed by atoms with Crippen molar-refractivity contribution in [3.8, 4) is 28.6 Å². The first-order valence-electron chi connectivity index (χ1n) is 15.9. The van der Waals surface area contributed by atoms with E-state index in [2.05, 4.69) is 41.0 Å². The van der Waals surface area contributed by atoms with Gasteiger partial charge in [-0.2, -0.15) is 4.98 Å². The van der Waals surface area contributed by atoms with E-state index in [0.29, 0.717) is 42.6 Å². The molecular weight excluding hydrogens is 556 g/mol.